The van der Waals surface area contributed by atoms with Gasteiger partial charge in [0.1, 0.15) is 0 Å². The van der Waals surface area contributed by atoms with Crippen LogP contribution in [0.15, 0.2) is 36.7 Å². The number of hydrogen-bond donors (Lipinski definition) is 2. The van der Waals surface area contributed by atoms with Gasteiger partial charge in [-0.1, -0.05) is 6.07 Å². The topological polar surface area (TPSA) is 114 Å². The van der Waals surface area contributed by atoms with E-state index in [1.165, 1.54) is 11.3 Å². The van der Waals surface area contributed by atoms with Gasteiger partial charge < -0.3 is 10.1 Å². The lowest BCUT2D eigenvalue weighted by molar-refractivity contribution is 0.306. The molecule has 27 heavy (non-hydrogen) atoms. The van der Waals surface area contributed by atoms with Gasteiger partial charge in [0.15, 0.2) is 11.3 Å². The van der Waals surface area contributed by atoms with Gasteiger partial charge in [-0.05, 0) is 40.6 Å². The Bertz CT molecular complexity index is 1000. The molecule has 0 amide bonds. The lowest BCUT2D eigenvalue weighted by atomic mass is 10.1. The first-order valence-corrected chi connectivity index (χ1v) is 8.97. The van der Waals surface area contributed by atoms with Crippen LogP contribution in [0.4, 0.5) is 11.6 Å². The average molecular weight is 379 g/mol. The van der Waals surface area contributed by atoms with Crippen LogP contribution in [0.3, 0.4) is 0 Å². The van der Waals surface area contributed by atoms with Gasteiger partial charge in [0.2, 0.25) is 11.8 Å². The van der Waals surface area contributed by atoms with E-state index in [0.29, 0.717) is 30.7 Å². The molecule has 4 rings (SSSR count). The summed E-state index contributed by atoms with van der Waals surface area (Å²) in [6.07, 6.45) is 4.01. The second kappa shape index (κ2) is 7.87. The number of rotatable bonds is 7. The lowest BCUT2D eigenvalue weighted by Gasteiger charge is -2.09. The van der Waals surface area contributed by atoms with Crippen LogP contribution in [0.25, 0.3) is 10.4 Å². The summed E-state index contributed by atoms with van der Waals surface area (Å²) in [4.78, 5) is 13.7. The monoisotopic (exact) mass is 379 g/mol. The highest BCUT2D eigenvalue weighted by Crippen LogP contribution is 2.28. The van der Waals surface area contributed by atoms with Crippen LogP contribution in [0.2, 0.25) is 0 Å². The van der Waals surface area contributed by atoms with E-state index in [1.807, 2.05) is 19.1 Å². The molecule has 135 valence electrons. The molecular weight excluding hydrogens is 364 g/mol. The number of anilines is 2. The van der Waals surface area contributed by atoms with Gasteiger partial charge in [-0.15, -0.1) is 16.4 Å². The van der Waals surface area contributed by atoms with E-state index in [0.717, 1.165) is 21.7 Å². The molecule has 0 aliphatic heterocycles. The molecule has 3 heterocycles. The van der Waals surface area contributed by atoms with Crippen molar-refractivity contribution in [1.29, 1.82) is 0 Å². The van der Waals surface area contributed by atoms with E-state index in [2.05, 4.69) is 52.5 Å². The Kier molecular flexibility index (Phi) is 4.97. The highest BCUT2D eigenvalue weighted by Gasteiger charge is 2.06. The Hall–Kier alpha value is -3.40. The fraction of sp³-hybridized carbons (Fsp3) is 0.176. The first-order chi connectivity index (χ1) is 13.3. The number of thiazole rings is 1. The quantitative estimate of drug-likeness (QED) is 0.503. The van der Waals surface area contributed by atoms with E-state index in [-0.39, 0.29) is 0 Å². The summed E-state index contributed by atoms with van der Waals surface area (Å²) in [5.41, 5.74) is 5.96. The van der Waals surface area contributed by atoms with Crippen molar-refractivity contribution in [2.24, 2.45) is 0 Å². The number of benzene rings is 1. The van der Waals surface area contributed by atoms with E-state index in [9.17, 15) is 0 Å². The molecule has 0 fully saturated rings. The van der Waals surface area contributed by atoms with E-state index in [4.69, 9.17) is 4.74 Å². The predicted molar refractivity (Wildman–Crippen MR) is 99.8 cm³/mol. The number of nitrogens with one attached hydrogen (secondary N) is 2. The molecule has 3 aromatic heterocycles. The maximum atomic E-state index is 5.65. The number of aromatic nitrogens is 7. The SMILES string of the molecule is Cc1cc(Nc2nccc(OCCc3nnn[nH]3)n2)cc(-c2cn[c]s2)c1. The van der Waals surface area contributed by atoms with Gasteiger partial charge in [-0.3, -0.25) is 0 Å². The molecule has 9 nitrogen and oxygen atoms in total. The Morgan fingerprint density at radius 2 is 2.26 bits per heavy atom. The standard InChI is InChI=1S/C17H15N8OS/c1-11-6-12(14-9-18-10-27-14)8-13(7-11)20-17-19-4-2-16(21-17)26-5-3-15-22-24-25-23-15/h2,4,6-9H,3,5H2,1H3,(H,19,20,21)(H,22,23,24,25). The first-order valence-electron chi connectivity index (χ1n) is 8.16. The molecule has 10 heteroatoms. The summed E-state index contributed by atoms with van der Waals surface area (Å²) >= 11 is 1.48. The van der Waals surface area contributed by atoms with Gasteiger partial charge in [-0.25, -0.2) is 15.1 Å². The van der Waals surface area contributed by atoms with Gasteiger partial charge in [-0.2, -0.15) is 4.98 Å². The summed E-state index contributed by atoms with van der Waals surface area (Å²) in [5, 5.41) is 16.8. The summed E-state index contributed by atoms with van der Waals surface area (Å²) in [6.45, 7) is 2.45. The zero-order valence-corrected chi connectivity index (χ0v) is 15.2. The molecule has 0 aliphatic rings. The zero-order valence-electron chi connectivity index (χ0n) is 14.4. The molecule has 2 N–H and O–H groups in total. The van der Waals surface area contributed by atoms with Crippen molar-refractivity contribution >= 4 is 23.0 Å². The molecule has 0 saturated carbocycles. The lowest BCUT2D eigenvalue weighted by Crippen LogP contribution is -2.05. The van der Waals surface area contributed by atoms with Crippen molar-refractivity contribution in [3.05, 3.63) is 53.6 Å². The molecule has 0 unspecified atom stereocenters. The van der Waals surface area contributed by atoms with Gasteiger partial charge in [0.25, 0.3) is 0 Å². The molecule has 1 aromatic carbocycles. The van der Waals surface area contributed by atoms with Crippen LogP contribution in [-0.4, -0.2) is 42.2 Å². The second-order valence-electron chi connectivity index (χ2n) is 5.69. The second-order valence-corrected chi connectivity index (χ2v) is 6.52. The Labute approximate surface area is 158 Å². The van der Waals surface area contributed by atoms with E-state index in [1.54, 1.807) is 18.5 Å². The predicted octanol–water partition coefficient (Wildman–Crippen LogP) is 2.59. The third-order valence-corrected chi connectivity index (χ3v) is 4.37. The fourth-order valence-corrected chi connectivity index (χ4v) is 3.01. The average Bonchev–Trinajstić information content (AvgIpc) is 3.36. The van der Waals surface area contributed by atoms with Crippen molar-refractivity contribution < 1.29 is 4.74 Å². The summed E-state index contributed by atoms with van der Waals surface area (Å²) in [5.74, 6) is 1.60. The van der Waals surface area contributed by atoms with Crippen molar-refractivity contribution in [2.75, 3.05) is 11.9 Å². The highest BCUT2D eigenvalue weighted by atomic mass is 32.1. The highest BCUT2D eigenvalue weighted by molar-refractivity contribution is 7.12. The molecule has 1 radical (unpaired) electrons. The molecule has 0 aliphatic carbocycles. The van der Waals surface area contributed by atoms with Crippen LogP contribution >= 0.6 is 11.3 Å². The number of nitrogens with zero attached hydrogens (tertiary/aromatic N) is 6. The van der Waals surface area contributed by atoms with Crippen molar-refractivity contribution in [3.63, 3.8) is 0 Å². The molecule has 0 bridgehead atoms. The third kappa shape index (κ3) is 4.42. The third-order valence-electron chi connectivity index (χ3n) is 3.62. The van der Waals surface area contributed by atoms with Gasteiger partial charge in [0, 0.05) is 30.6 Å². The summed E-state index contributed by atoms with van der Waals surface area (Å²) < 4.78 is 5.65. The Balaban J connectivity index is 1.45. The summed E-state index contributed by atoms with van der Waals surface area (Å²) in [6, 6.07) is 7.87. The Morgan fingerprint density at radius 3 is 3.07 bits per heavy atom. The van der Waals surface area contributed by atoms with Gasteiger partial charge in [0.05, 0.1) is 11.5 Å². The zero-order chi connectivity index (χ0) is 18.5. The number of aryl methyl sites for hydroxylation is 1. The molecule has 0 atom stereocenters. The van der Waals surface area contributed by atoms with Crippen LogP contribution < -0.4 is 10.1 Å². The number of tetrazole rings is 1. The fourth-order valence-electron chi connectivity index (χ4n) is 2.47. The van der Waals surface area contributed by atoms with Crippen molar-refractivity contribution in [3.8, 4) is 16.3 Å². The van der Waals surface area contributed by atoms with Crippen LogP contribution in [-0.2, 0) is 6.42 Å². The number of aromatic amines is 1. The smallest absolute Gasteiger partial charge is 0.230 e. The maximum absolute atomic E-state index is 5.65. The first kappa shape index (κ1) is 17.0. The minimum atomic E-state index is 0.407. The largest absolute Gasteiger partial charge is 0.477 e. The van der Waals surface area contributed by atoms with Crippen molar-refractivity contribution in [2.45, 2.75) is 13.3 Å². The van der Waals surface area contributed by atoms with E-state index >= 15 is 0 Å². The molecule has 0 spiro atoms. The molecule has 4 aromatic rings. The van der Waals surface area contributed by atoms with Crippen LogP contribution in [0.5, 0.6) is 5.88 Å². The molecule has 0 saturated heterocycles. The number of ether oxygens (including phenoxy) is 1. The number of hydrogen-bond acceptors (Lipinski definition) is 9. The van der Waals surface area contributed by atoms with Gasteiger partial charge >= 0.3 is 0 Å². The number of H-pyrrole nitrogens is 1. The minimum absolute atomic E-state index is 0.407. The Morgan fingerprint density at radius 1 is 1.30 bits per heavy atom. The normalized spacial score (nSPS) is 10.7. The maximum Gasteiger partial charge on any atom is 0.230 e. The van der Waals surface area contributed by atoms with Crippen molar-refractivity contribution in [1.82, 2.24) is 35.6 Å². The van der Waals surface area contributed by atoms with Crippen LogP contribution in [0, 0.1) is 12.4 Å². The summed E-state index contributed by atoms with van der Waals surface area (Å²) in [7, 11) is 0. The van der Waals surface area contributed by atoms with Crippen LogP contribution in [0.1, 0.15) is 11.4 Å². The minimum Gasteiger partial charge on any atom is -0.477 e. The molecular formula is C17H15N8OS. The van der Waals surface area contributed by atoms with E-state index < -0.39 is 0 Å².